The molecule has 1 amide bonds. The van der Waals surface area contributed by atoms with E-state index in [1.54, 1.807) is 20.8 Å². The maximum Gasteiger partial charge on any atom is 0.311 e. The van der Waals surface area contributed by atoms with Crippen LogP contribution < -0.4 is 5.32 Å². The number of hydrogen-bond acceptors (Lipinski definition) is 7. The van der Waals surface area contributed by atoms with Crippen molar-refractivity contribution in [1.82, 2.24) is 5.32 Å². The summed E-state index contributed by atoms with van der Waals surface area (Å²) in [7, 11) is 0. The van der Waals surface area contributed by atoms with Gasteiger partial charge in [0.25, 0.3) is 0 Å². The molecule has 1 unspecified atom stereocenters. The topological polar surface area (TPSA) is 125 Å². The minimum atomic E-state index is -2.12. The van der Waals surface area contributed by atoms with Gasteiger partial charge in [-0.15, -0.1) is 0 Å². The Morgan fingerprint density at radius 3 is 2.38 bits per heavy atom. The SMILES string of the molecule is CC(=O)N[C@@H]1[C@H](O)[C@@H](COC(=O)C(C)(C)C)OC1(O)CO. The number of carbonyl (C=O) groups excluding carboxylic acids is 2. The summed E-state index contributed by atoms with van der Waals surface area (Å²) in [6.45, 7) is 5.11. The summed E-state index contributed by atoms with van der Waals surface area (Å²) in [4.78, 5) is 22.8. The number of ether oxygens (including phenoxy) is 2. The van der Waals surface area contributed by atoms with Gasteiger partial charge < -0.3 is 30.1 Å². The third-order valence-corrected chi connectivity index (χ3v) is 3.14. The lowest BCUT2D eigenvalue weighted by Gasteiger charge is -2.27. The molecule has 8 nitrogen and oxygen atoms in total. The van der Waals surface area contributed by atoms with Gasteiger partial charge in [0.15, 0.2) is 0 Å². The van der Waals surface area contributed by atoms with Crippen LogP contribution in [0.4, 0.5) is 0 Å². The Balaban J connectivity index is 2.74. The van der Waals surface area contributed by atoms with Crippen LogP contribution in [0.15, 0.2) is 0 Å². The van der Waals surface area contributed by atoms with Crippen LogP contribution in [0.5, 0.6) is 0 Å². The van der Waals surface area contributed by atoms with E-state index in [0.29, 0.717) is 0 Å². The first-order valence-corrected chi connectivity index (χ1v) is 6.64. The van der Waals surface area contributed by atoms with Gasteiger partial charge in [0, 0.05) is 6.92 Å². The molecule has 1 heterocycles. The van der Waals surface area contributed by atoms with Gasteiger partial charge in [-0.3, -0.25) is 9.59 Å². The van der Waals surface area contributed by atoms with Crippen molar-refractivity contribution in [2.45, 2.75) is 51.7 Å². The highest BCUT2D eigenvalue weighted by Crippen LogP contribution is 2.29. The second kappa shape index (κ2) is 6.27. The summed E-state index contributed by atoms with van der Waals surface area (Å²) < 4.78 is 10.2. The Morgan fingerprint density at radius 2 is 1.95 bits per heavy atom. The highest BCUT2D eigenvalue weighted by molar-refractivity contribution is 5.75. The molecule has 1 saturated heterocycles. The van der Waals surface area contributed by atoms with E-state index >= 15 is 0 Å². The number of hydrogen-bond donors (Lipinski definition) is 4. The van der Waals surface area contributed by atoms with Crippen LogP contribution in [-0.2, 0) is 19.1 Å². The summed E-state index contributed by atoms with van der Waals surface area (Å²) >= 11 is 0. The van der Waals surface area contributed by atoms with Gasteiger partial charge in [-0.25, -0.2) is 0 Å². The molecule has 0 aromatic carbocycles. The minimum absolute atomic E-state index is 0.296. The fourth-order valence-electron chi connectivity index (χ4n) is 1.95. The van der Waals surface area contributed by atoms with Crippen LogP contribution in [0.1, 0.15) is 27.7 Å². The Kier molecular flexibility index (Phi) is 5.32. The number of aliphatic hydroxyl groups excluding tert-OH is 2. The summed E-state index contributed by atoms with van der Waals surface area (Å²) in [5, 5.41) is 31.7. The number of aliphatic hydroxyl groups is 3. The van der Waals surface area contributed by atoms with Crippen LogP contribution in [0, 0.1) is 5.41 Å². The lowest BCUT2D eigenvalue weighted by atomic mass is 9.97. The molecule has 1 aliphatic rings. The first-order chi connectivity index (χ1) is 9.51. The molecular weight excluding hydrogens is 282 g/mol. The molecule has 0 aliphatic carbocycles. The maximum atomic E-state index is 11.7. The predicted molar refractivity (Wildman–Crippen MR) is 70.9 cm³/mol. The molecule has 0 aromatic heterocycles. The molecule has 0 radical (unpaired) electrons. The third kappa shape index (κ3) is 4.13. The minimum Gasteiger partial charge on any atom is -0.462 e. The normalized spacial score (nSPS) is 32.8. The average molecular weight is 305 g/mol. The van der Waals surface area contributed by atoms with Crippen LogP contribution in [0.25, 0.3) is 0 Å². The van der Waals surface area contributed by atoms with E-state index in [1.807, 2.05) is 0 Å². The van der Waals surface area contributed by atoms with E-state index in [2.05, 4.69) is 5.32 Å². The quantitative estimate of drug-likeness (QED) is 0.467. The molecule has 4 atom stereocenters. The second-order valence-corrected chi connectivity index (χ2v) is 6.18. The van der Waals surface area contributed by atoms with E-state index in [0.717, 1.165) is 0 Å². The van der Waals surface area contributed by atoms with Crippen LogP contribution in [-0.4, -0.2) is 64.4 Å². The molecule has 1 rings (SSSR count). The zero-order chi connectivity index (χ0) is 16.4. The molecule has 0 aromatic rings. The van der Waals surface area contributed by atoms with Gasteiger partial charge in [-0.2, -0.15) is 0 Å². The third-order valence-electron chi connectivity index (χ3n) is 3.14. The van der Waals surface area contributed by atoms with Gasteiger partial charge in [0.1, 0.15) is 24.9 Å². The van der Waals surface area contributed by atoms with Crippen molar-refractivity contribution in [2.24, 2.45) is 5.41 Å². The maximum absolute atomic E-state index is 11.7. The fraction of sp³-hybridized carbons (Fsp3) is 0.846. The Bertz CT molecular complexity index is 406. The average Bonchev–Trinajstić information content (AvgIpc) is 2.59. The van der Waals surface area contributed by atoms with Crippen molar-refractivity contribution in [1.29, 1.82) is 0 Å². The number of rotatable bonds is 4. The number of nitrogens with one attached hydrogen (secondary N) is 1. The van der Waals surface area contributed by atoms with Gasteiger partial charge in [-0.1, -0.05) is 0 Å². The molecule has 8 heteroatoms. The smallest absolute Gasteiger partial charge is 0.311 e. The zero-order valence-electron chi connectivity index (χ0n) is 12.6. The van der Waals surface area contributed by atoms with Crippen molar-refractivity contribution in [3.8, 4) is 0 Å². The summed E-state index contributed by atoms with van der Waals surface area (Å²) in [5.74, 6) is -3.11. The van der Waals surface area contributed by atoms with Crippen molar-refractivity contribution in [3.63, 3.8) is 0 Å². The number of esters is 1. The molecule has 0 bridgehead atoms. The van der Waals surface area contributed by atoms with E-state index in [1.165, 1.54) is 6.92 Å². The number of carbonyl (C=O) groups is 2. The second-order valence-electron chi connectivity index (χ2n) is 6.18. The molecule has 0 spiro atoms. The fourth-order valence-corrected chi connectivity index (χ4v) is 1.95. The van der Waals surface area contributed by atoms with Crippen molar-refractivity contribution in [3.05, 3.63) is 0 Å². The van der Waals surface area contributed by atoms with Crippen molar-refractivity contribution >= 4 is 11.9 Å². The highest BCUT2D eigenvalue weighted by Gasteiger charge is 2.54. The molecule has 122 valence electrons. The molecule has 21 heavy (non-hydrogen) atoms. The van der Waals surface area contributed by atoms with Crippen LogP contribution in [0.2, 0.25) is 0 Å². The van der Waals surface area contributed by atoms with Crippen LogP contribution >= 0.6 is 0 Å². The molecule has 4 N–H and O–H groups in total. The highest BCUT2D eigenvalue weighted by atomic mass is 16.7. The van der Waals surface area contributed by atoms with Gasteiger partial charge in [-0.05, 0) is 20.8 Å². The standard InChI is InChI=1S/C13H23NO7/c1-7(16)14-10-9(17)8(21-13(10,19)6-15)5-20-11(18)12(2,3)4/h8-10,15,17,19H,5-6H2,1-4H3,(H,14,16)/t8-,9-,10-,13?/m1/s1. The lowest BCUT2D eigenvalue weighted by molar-refractivity contribution is -0.228. The molecular formula is C13H23NO7. The van der Waals surface area contributed by atoms with E-state index in [-0.39, 0.29) is 6.61 Å². The van der Waals surface area contributed by atoms with Gasteiger partial charge >= 0.3 is 5.97 Å². The summed E-state index contributed by atoms with van der Waals surface area (Å²) in [6, 6.07) is -1.21. The van der Waals surface area contributed by atoms with Crippen LogP contribution in [0.3, 0.4) is 0 Å². The predicted octanol–water partition coefficient (Wildman–Crippen LogP) is -1.48. The summed E-state index contributed by atoms with van der Waals surface area (Å²) in [6.07, 6.45) is -2.37. The Morgan fingerprint density at radius 1 is 1.38 bits per heavy atom. The van der Waals surface area contributed by atoms with Gasteiger partial charge in [0.2, 0.25) is 11.7 Å². The van der Waals surface area contributed by atoms with Crippen molar-refractivity contribution < 1.29 is 34.4 Å². The zero-order valence-corrected chi connectivity index (χ0v) is 12.6. The summed E-state index contributed by atoms with van der Waals surface area (Å²) in [5.41, 5.74) is -0.714. The van der Waals surface area contributed by atoms with Crippen molar-refractivity contribution in [2.75, 3.05) is 13.2 Å². The molecule has 0 saturated carbocycles. The van der Waals surface area contributed by atoms with E-state index in [9.17, 15) is 24.9 Å². The first kappa shape index (κ1) is 17.8. The van der Waals surface area contributed by atoms with E-state index in [4.69, 9.17) is 9.47 Å². The van der Waals surface area contributed by atoms with Gasteiger partial charge in [0.05, 0.1) is 12.0 Å². The Hall–Kier alpha value is -1.22. The number of amides is 1. The molecule has 1 aliphatic heterocycles. The van der Waals surface area contributed by atoms with E-state index < -0.39 is 47.9 Å². The monoisotopic (exact) mass is 305 g/mol. The first-order valence-electron chi connectivity index (χ1n) is 6.64. The lowest BCUT2D eigenvalue weighted by Crippen LogP contribution is -2.56. The Labute approximate surface area is 123 Å². The largest absolute Gasteiger partial charge is 0.462 e. The molecule has 1 fully saturated rings.